The Morgan fingerprint density at radius 3 is 2.37 bits per heavy atom. The minimum Gasteiger partial charge on any atom is -0.497 e. The molecule has 4 rings (SSSR count). The number of nitrogens with one attached hydrogen (secondary N) is 1. The molecule has 1 aliphatic carbocycles. The number of esters is 1. The van der Waals surface area contributed by atoms with E-state index in [2.05, 4.69) is 10.3 Å². The number of aromatic nitrogens is 1. The summed E-state index contributed by atoms with van der Waals surface area (Å²) in [7, 11) is 2.99. The number of Topliss-reactive ketones (excluding diaryl/α,β-unsaturated/α-hetero) is 1. The standard InChI is InChI=1S/C24H24N2O4/c1-14-21(24(28)30-3)22(16-8-10-25-11-9-16)23-19(26-14)12-17(13-20(23)27)15-4-6-18(29-2)7-5-15/h4-11,17,22,26H,12-13H2,1-3H3/t17-,22-/m1/s1. The van der Waals surface area contributed by atoms with Crippen molar-refractivity contribution in [3.63, 3.8) is 0 Å². The molecule has 2 aromatic rings. The van der Waals surface area contributed by atoms with Crippen LogP contribution in [0.25, 0.3) is 0 Å². The molecule has 6 nitrogen and oxygen atoms in total. The zero-order chi connectivity index (χ0) is 21.3. The van der Waals surface area contributed by atoms with Gasteiger partial charge in [0.2, 0.25) is 0 Å². The summed E-state index contributed by atoms with van der Waals surface area (Å²) in [5, 5.41) is 3.33. The number of ether oxygens (including phenoxy) is 2. The van der Waals surface area contributed by atoms with Gasteiger partial charge in [0.15, 0.2) is 5.78 Å². The van der Waals surface area contributed by atoms with Gasteiger partial charge in [-0.1, -0.05) is 12.1 Å². The van der Waals surface area contributed by atoms with Gasteiger partial charge in [-0.05, 0) is 54.7 Å². The molecule has 0 unspecified atom stereocenters. The van der Waals surface area contributed by atoms with E-state index >= 15 is 0 Å². The number of carbonyl (C=O) groups is 2. The predicted octanol–water partition coefficient (Wildman–Crippen LogP) is 3.62. The van der Waals surface area contributed by atoms with E-state index in [1.807, 2.05) is 43.3 Å². The second-order valence-corrected chi connectivity index (χ2v) is 7.56. The van der Waals surface area contributed by atoms with Crippen LogP contribution in [0.15, 0.2) is 71.3 Å². The minimum atomic E-state index is -0.457. The molecule has 0 spiro atoms. The maximum atomic E-state index is 13.4. The number of ketones is 1. The van der Waals surface area contributed by atoms with Crippen LogP contribution in [0.1, 0.15) is 42.7 Å². The van der Waals surface area contributed by atoms with Crippen LogP contribution in [0.2, 0.25) is 0 Å². The summed E-state index contributed by atoms with van der Waals surface area (Å²) < 4.78 is 10.3. The van der Waals surface area contributed by atoms with Crippen LogP contribution < -0.4 is 10.1 Å². The topological polar surface area (TPSA) is 77.5 Å². The summed E-state index contributed by atoms with van der Waals surface area (Å²) in [5.74, 6) is 0.00999. The first kappa shape index (κ1) is 19.9. The Labute approximate surface area is 175 Å². The first-order chi connectivity index (χ1) is 14.5. The largest absolute Gasteiger partial charge is 0.497 e. The number of pyridine rings is 1. The van der Waals surface area contributed by atoms with Crippen molar-refractivity contribution < 1.29 is 19.1 Å². The second-order valence-electron chi connectivity index (χ2n) is 7.56. The van der Waals surface area contributed by atoms with E-state index in [0.717, 1.165) is 22.6 Å². The van der Waals surface area contributed by atoms with Gasteiger partial charge in [-0.25, -0.2) is 4.79 Å². The molecule has 1 N–H and O–H groups in total. The smallest absolute Gasteiger partial charge is 0.336 e. The van der Waals surface area contributed by atoms with Crippen molar-refractivity contribution >= 4 is 11.8 Å². The molecule has 0 amide bonds. The van der Waals surface area contributed by atoms with Crippen LogP contribution >= 0.6 is 0 Å². The first-order valence-corrected chi connectivity index (χ1v) is 9.89. The Morgan fingerprint density at radius 1 is 1.03 bits per heavy atom. The summed E-state index contributed by atoms with van der Waals surface area (Å²) in [5.41, 5.74) is 4.66. The molecule has 0 fully saturated rings. The fourth-order valence-electron chi connectivity index (χ4n) is 4.42. The molecule has 0 bridgehead atoms. The summed E-state index contributed by atoms with van der Waals surface area (Å²) in [6, 6.07) is 11.5. The van der Waals surface area contributed by atoms with Gasteiger partial charge < -0.3 is 14.8 Å². The van der Waals surface area contributed by atoms with Crippen LogP contribution in [-0.2, 0) is 14.3 Å². The lowest BCUT2D eigenvalue weighted by atomic mass is 9.72. The molecule has 1 aliphatic heterocycles. The molecule has 0 saturated heterocycles. The normalized spacial score (nSPS) is 21.1. The van der Waals surface area contributed by atoms with Crippen LogP contribution in [0.3, 0.4) is 0 Å². The van der Waals surface area contributed by atoms with Crippen molar-refractivity contribution in [1.29, 1.82) is 0 Å². The number of carbonyl (C=O) groups excluding carboxylic acids is 2. The van der Waals surface area contributed by atoms with E-state index in [1.54, 1.807) is 19.5 Å². The van der Waals surface area contributed by atoms with Gasteiger partial charge in [-0.2, -0.15) is 0 Å². The molecule has 2 aliphatic rings. The van der Waals surface area contributed by atoms with E-state index in [-0.39, 0.29) is 11.7 Å². The van der Waals surface area contributed by atoms with Crippen molar-refractivity contribution in [3.05, 3.63) is 82.5 Å². The van der Waals surface area contributed by atoms with Gasteiger partial charge in [-0.15, -0.1) is 0 Å². The van der Waals surface area contributed by atoms with Gasteiger partial charge in [0, 0.05) is 41.7 Å². The summed E-state index contributed by atoms with van der Waals surface area (Å²) >= 11 is 0. The quantitative estimate of drug-likeness (QED) is 0.785. The number of allylic oxidation sites excluding steroid dienone is 3. The summed E-state index contributed by atoms with van der Waals surface area (Å²) in [6.07, 6.45) is 4.44. The van der Waals surface area contributed by atoms with Crippen LogP contribution in [0.5, 0.6) is 5.75 Å². The maximum Gasteiger partial charge on any atom is 0.336 e. The third-order valence-electron chi connectivity index (χ3n) is 5.86. The number of nitrogens with zero attached hydrogens (tertiary/aromatic N) is 1. The van der Waals surface area contributed by atoms with E-state index < -0.39 is 11.9 Å². The highest BCUT2D eigenvalue weighted by atomic mass is 16.5. The first-order valence-electron chi connectivity index (χ1n) is 9.89. The Morgan fingerprint density at radius 2 is 1.73 bits per heavy atom. The van der Waals surface area contributed by atoms with Crippen molar-refractivity contribution in [2.24, 2.45) is 0 Å². The van der Waals surface area contributed by atoms with Gasteiger partial charge in [0.1, 0.15) is 5.75 Å². The number of rotatable bonds is 4. The maximum absolute atomic E-state index is 13.4. The SMILES string of the molecule is COC(=O)C1=C(C)NC2=C(C(=O)C[C@H](c3ccc(OC)cc3)C2)[C@@H]1c1ccncc1. The third-order valence-corrected chi connectivity index (χ3v) is 5.86. The lowest BCUT2D eigenvalue weighted by Gasteiger charge is -2.36. The predicted molar refractivity (Wildman–Crippen MR) is 112 cm³/mol. The molecule has 154 valence electrons. The highest BCUT2D eigenvalue weighted by molar-refractivity contribution is 6.04. The molecule has 2 atom stereocenters. The number of dihydropyridines is 1. The fourth-order valence-corrected chi connectivity index (χ4v) is 4.42. The van der Waals surface area contributed by atoms with Crippen molar-refractivity contribution in [2.45, 2.75) is 31.6 Å². The molecule has 30 heavy (non-hydrogen) atoms. The van der Waals surface area contributed by atoms with Crippen molar-refractivity contribution in [3.8, 4) is 5.75 Å². The highest BCUT2D eigenvalue weighted by Crippen LogP contribution is 2.45. The molecule has 0 saturated carbocycles. The zero-order valence-corrected chi connectivity index (χ0v) is 17.3. The molecule has 6 heteroatoms. The van der Waals surface area contributed by atoms with Crippen LogP contribution in [0.4, 0.5) is 0 Å². The molecular formula is C24H24N2O4. The number of methoxy groups -OCH3 is 2. The van der Waals surface area contributed by atoms with Gasteiger partial charge >= 0.3 is 5.97 Å². The Bertz CT molecular complexity index is 1040. The van der Waals surface area contributed by atoms with E-state index in [0.29, 0.717) is 29.7 Å². The van der Waals surface area contributed by atoms with E-state index in [9.17, 15) is 9.59 Å². The third kappa shape index (κ3) is 3.49. The van der Waals surface area contributed by atoms with E-state index in [4.69, 9.17) is 9.47 Å². The van der Waals surface area contributed by atoms with E-state index in [1.165, 1.54) is 7.11 Å². The van der Waals surface area contributed by atoms with Crippen LogP contribution in [0, 0.1) is 0 Å². The molecular weight excluding hydrogens is 380 g/mol. The van der Waals surface area contributed by atoms with Crippen molar-refractivity contribution in [1.82, 2.24) is 10.3 Å². The lowest BCUT2D eigenvalue weighted by Crippen LogP contribution is -2.36. The number of hydrogen-bond acceptors (Lipinski definition) is 6. The fraction of sp³-hybridized carbons (Fsp3) is 0.292. The average Bonchev–Trinajstić information content (AvgIpc) is 2.78. The highest BCUT2D eigenvalue weighted by Gasteiger charge is 2.41. The Balaban J connectivity index is 1.76. The molecule has 2 heterocycles. The molecule has 1 aromatic carbocycles. The molecule has 0 radical (unpaired) electrons. The lowest BCUT2D eigenvalue weighted by molar-refractivity contribution is -0.136. The Kier molecular flexibility index (Phi) is 5.40. The van der Waals surface area contributed by atoms with Gasteiger partial charge in [-0.3, -0.25) is 9.78 Å². The minimum absolute atomic E-state index is 0.0419. The number of benzene rings is 1. The summed E-state index contributed by atoms with van der Waals surface area (Å²) in [4.78, 5) is 30.1. The zero-order valence-electron chi connectivity index (χ0n) is 17.3. The van der Waals surface area contributed by atoms with Gasteiger partial charge in [0.25, 0.3) is 0 Å². The van der Waals surface area contributed by atoms with Crippen molar-refractivity contribution in [2.75, 3.05) is 14.2 Å². The van der Waals surface area contributed by atoms with Crippen LogP contribution in [-0.4, -0.2) is 31.0 Å². The molecule has 1 aromatic heterocycles. The summed E-state index contributed by atoms with van der Waals surface area (Å²) in [6.45, 7) is 1.85. The second kappa shape index (κ2) is 8.14. The average molecular weight is 404 g/mol. The monoisotopic (exact) mass is 404 g/mol. The number of hydrogen-bond donors (Lipinski definition) is 1. The van der Waals surface area contributed by atoms with Gasteiger partial charge in [0.05, 0.1) is 19.8 Å². The Hall–Kier alpha value is -3.41.